The van der Waals surface area contributed by atoms with Crippen LogP contribution in [0.3, 0.4) is 0 Å². The van der Waals surface area contributed by atoms with E-state index in [9.17, 15) is 4.79 Å². The highest BCUT2D eigenvalue weighted by molar-refractivity contribution is 7.98. The zero-order valence-electron chi connectivity index (χ0n) is 15.4. The van der Waals surface area contributed by atoms with Crippen LogP contribution in [0, 0.1) is 17.2 Å². The highest BCUT2D eigenvalue weighted by Gasteiger charge is 2.23. The van der Waals surface area contributed by atoms with Crippen molar-refractivity contribution >= 4 is 33.3 Å². The molecule has 0 saturated carbocycles. The normalized spacial score (nSPS) is 17.4. The van der Waals surface area contributed by atoms with E-state index in [4.69, 9.17) is 10.2 Å². The number of aromatic nitrogens is 2. The molecular formula is C21H21N3OS2. The van der Waals surface area contributed by atoms with Crippen LogP contribution >= 0.6 is 23.1 Å². The van der Waals surface area contributed by atoms with Crippen molar-refractivity contribution in [3.05, 3.63) is 62.0 Å². The maximum Gasteiger partial charge on any atom is 0.259 e. The number of rotatable bonds is 4. The molecule has 0 saturated heterocycles. The van der Waals surface area contributed by atoms with E-state index in [1.807, 2.05) is 24.3 Å². The fraction of sp³-hybridized carbons (Fsp3) is 0.381. The van der Waals surface area contributed by atoms with E-state index in [1.54, 1.807) is 23.1 Å². The summed E-state index contributed by atoms with van der Waals surface area (Å²) in [5, 5.41) is 9.79. The first-order chi connectivity index (χ1) is 13.0. The van der Waals surface area contributed by atoms with Gasteiger partial charge in [-0.25, -0.2) is 4.98 Å². The Morgan fingerprint density at radius 2 is 2.19 bits per heavy atom. The van der Waals surface area contributed by atoms with Gasteiger partial charge in [0.25, 0.3) is 5.56 Å². The van der Waals surface area contributed by atoms with Crippen LogP contribution in [0.15, 0.2) is 29.1 Å². The van der Waals surface area contributed by atoms with E-state index in [0.717, 1.165) is 46.6 Å². The second kappa shape index (κ2) is 7.49. The van der Waals surface area contributed by atoms with Crippen molar-refractivity contribution in [2.75, 3.05) is 0 Å². The molecule has 0 amide bonds. The average molecular weight is 396 g/mol. The smallest absolute Gasteiger partial charge is 0.259 e. The summed E-state index contributed by atoms with van der Waals surface area (Å²) < 4.78 is 0. The van der Waals surface area contributed by atoms with Gasteiger partial charge in [0.05, 0.1) is 22.3 Å². The van der Waals surface area contributed by atoms with Crippen molar-refractivity contribution in [2.45, 2.75) is 44.1 Å². The van der Waals surface area contributed by atoms with Crippen LogP contribution in [0.5, 0.6) is 0 Å². The van der Waals surface area contributed by atoms with Crippen molar-refractivity contribution < 1.29 is 0 Å². The molecule has 4 nitrogen and oxygen atoms in total. The fourth-order valence-corrected chi connectivity index (χ4v) is 5.83. The number of hydrogen-bond acceptors (Lipinski definition) is 5. The molecule has 2 unspecified atom stereocenters. The molecule has 1 aromatic carbocycles. The third kappa shape index (κ3) is 3.67. The van der Waals surface area contributed by atoms with E-state index in [0.29, 0.717) is 11.5 Å². The zero-order chi connectivity index (χ0) is 19.0. The molecule has 27 heavy (non-hydrogen) atoms. The second-order valence-corrected chi connectivity index (χ2v) is 9.66. The van der Waals surface area contributed by atoms with Crippen LogP contribution in [-0.4, -0.2) is 9.97 Å². The Bertz CT molecular complexity index is 1080. The lowest BCUT2D eigenvalue weighted by atomic mass is 9.89. The maximum atomic E-state index is 12.7. The van der Waals surface area contributed by atoms with Gasteiger partial charge in [-0.05, 0) is 55.4 Å². The molecule has 0 aliphatic heterocycles. The number of benzene rings is 1. The van der Waals surface area contributed by atoms with Crippen molar-refractivity contribution in [2.24, 2.45) is 5.92 Å². The van der Waals surface area contributed by atoms with Crippen molar-refractivity contribution in [1.29, 1.82) is 5.26 Å². The minimum Gasteiger partial charge on any atom is -0.309 e. The molecule has 0 radical (unpaired) electrons. The SMILES string of the molecule is CC1CCc2c(sc3nc(C(C)SCc4ccc(C#N)cc4)[nH]c(=O)c23)C1. The molecule has 2 heterocycles. The quantitative estimate of drug-likeness (QED) is 0.677. The summed E-state index contributed by atoms with van der Waals surface area (Å²) in [6.45, 7) is 4.35. The van der Waals surface area contributed by atoms with E-state index in [1.165, 1.54) is 10.4 Å². The fourth-order valence-electron chi connectivity index (χ4n) is 3.53. The van der Waals surface area contributed by atoms with Crippen molar-refractivity contribution in [1.82, 2.24) is 9.97 Å². The number of thiophene rings is 1. The van der Waals surface area contributed by atoms with E-state index in [-0.39, 0.29) is 10.8 Å². The number of nitrogens with one attached hydrogen (secondary N) is 1. The van der Waals surface area contributed by atoms with Crippen molar-refractivity contribution in [3.63, 3.8) is 0 Å². The first kappa shape index (κ1) is 18.3. The highest BCUT2D eigenvalue weighted by Crippen LogP contribution is 2.37. The molecule has 4 rings (SSSR count). The van der Waals surface area contributed by atoms with Crippen LogP contribution in [0.1, 0.15) is 52.9 Å². The predicted octanol–water partition coefficient (Wildman–Crippen LogP) is 4.98. The van der Waals surface area contributed by atoms with Gasteiger partial charge in [0.15, 0.2) is 0 Å². The van der Waals surface area contributed by atoms with Gasteiger partial charge in [-0.1, -0.05) is 19.1 Å². The minimum absolute atomic E-state index is 0.00729. The topological polar surface area (TPSA) is 69.5 Å². The average Bonchev–Trinajstić information content (AvgIpc) is 3.04. The Morgan fingerprint density at radius 3 is 2.93 bits per heavy atom. The number of H-pyrrole nitrogens is 1. The summed E-state index contributed by atoms with van der Waals surface area (Å²) in [7, 11) is 0. The van der Waals surface area contributed by atoms with Gasteiger partial charge in [-0.3, -0.25) is 4.79 Å². The van der Waals surface area contributed by atoms with Crippen LogP contribution in [0.4, 0.5) is 0 Å². The van der Waals surface area contributed by atoms with Crippen LogP contribution < -0.4 is 5.56 Å². The largest absolute Gasteiger partial charge is 0.309 e. The van der Waals surface area contributed by atoms with Crippen LogP contribution in [0.25, 0.3) is 10.2 Å². The number of aromatic amines is 1. The number of fused-ring (bicyclic) bond motifs is 3. The first-order valence-corrected chi connectivity index (χ1v) is 11.1. The Labute approximate surface area is 166 Å². The molecule has 1 aliphatic carbocycles. The Hall–Kier alpha value is -2.10. The third-order valence-corrected chi connectivity index (χ3v) is 7.52. The number of thioether (sulfide) groups is 1. The summed E-state index contributed by atoms with van der Waals surface area (Å²) in [6, 6.07) is 9.77. The van der Waals surface area contributed by atoms with Gasteiger partial charge in [-0.2, -0.15) is 5.26 Å². The molecule has 0 fully saturated rings. The van der Waals surface area contributed by atoms with Gasteiger partial charge >= 0.3 is 0 Å². The summed E-state index contributed by atoms with van der Waals surface area (Å²) >= 11 is 3.43. The molecule has 1 N–H and O–H groups in total. The molecule has 1 aliphatic rings. The van der Waals surface area contributed by atoms with Gasteiger partial charge in [-0.15, -0.1) is 23.1 Å². The van der Waals surface area contributed by atoms with Gasteiger partial charge in [0, 0.05) is 10.6 Å². The lowest BCUT2D eigenvalue weighted by Gasteiger charge is -2.17. The van der Waals surface area contributed by atoms with Crippen LogP contribution in [-0.2, 0) is 18.6 Å². The molecular weight excluding hydrogens is 374 g/mol. The third-order valence-electron chi connectivity index (χ3n) is 5.15. The molecule has 2 atom stereocenters. The van der Waals surface area contributed by atoms with Gasteiger partial charge in [0.2, 0.25) is 0 Å². The minimum atomic E-state index is 0.00729. The summed E-state index contributed by atoms with van der Waals surface area (Å²) in [6.07, 6.45) is 3.20. The van der Waals surface area contributed by atoms with E-state index >= 15 is 0 Å². The lowest BCUT2D eigenvalue weighted by molar-refractivity contribution is 0.509. The predicted molar refractivity (Wildman–Crippen MR) is 112 cm³/mol. The Kier molecular flexibility index (Phi) is 5.07. The van der Waals surface area contributed by atoms with Crippen LogP contribution in [0.2, 0.25) is 0 Å². The number of hydrogen-bond donors (Lipinski definition) is 1. The van der Waals surface area contributed by atoms with Gasteiger partial charge < -0.3 is 4.98 Å². The number of nitriles is 1. The second-order valence-electron chi connectivity index (χ2n) is 7.25. The Morgan fingerprint density at radius 1 is 1.41 bits per heavy atom. The molecule has 138 valence electrons. The highest BCUT2D eigenvalue weighted by atomic mass is 32.2. The van der Waals surface area contributed by atoms with Gasteiger partial charge in [0.1, 0.15) is 10.7 Å². The molecule has 6 heteroatoms. The molecule has 0 bridgehead atoms. The number of aryl methyl sites for hydroxylation is 1. The van der Waals surface area contributed by atoms with E-state index in [2.05, 4.69) is 24.9 Å². The number of nitrogens with zero attached hydrogens (tertiary/aromatic N) is 2. The first-order valence-electron chi connectivity index (χ1n) is 9.20. The lowest BCUT2D eigenvalue weighted by Crippen LogP contribution is -2.15. The maximum absolute atomic E-state index is 12.7. The van der Waals surface area contributed by atoms with Crippen molar-refractivity contribution in [3.8, 4) is 6.07 Å². The zero-order valence-corrected chi connectivity index (χ0v) is 17.0. The summed E-state index contributed by atoms with van der Waals surface area (Å²) in [5.74, 6) is 2.25. The molecule has 0 spiro atoms. The summed E-state index contributed by atoms with van der Waals surface area (Å²) in [4.78, 5) is 22.8. The van der Waals surface area contributed by atoms with E-state index < -0.39 is 0 Å². The molecule has 2 aromatic heterocycles. The standard InChI is InChI=1S/C21H21N3OS2/c1-12-3-8-16-17(9-12)27-21-18(16)20(25)23-19(24-21)13(2)26-11-15-6-4-14(10-22)5-7-15/h4-7,12-13H,3,8-9,11H2,1-2H3,(H,23,24,25). The Balaban J connectivity index is 1.56. The monoisotopic (exact) mass is 395 g/mol. The molecule has 3 aromatic rings. The summed E-state index contributed by atoms with van der Waals surface area (Å²) in [5.41, 5.74) is 3.07.